The van der Waals surface area contributed by atoms with Gasteiger partial charge in [0.25, 0.3) is 0 Å². The standard InChI is InChI=1S/C23H27N3O2/c1-24(18-20-7-3-5-9-22(20)26-14-16-28-17-15-26)23(27)11-13-25-12-10-19-6-2-4-8-21(19)25/h2-10,12H,11,13-18H2,1H3. The zero-order valence-corrected chi connectivity index (χ0v) is 16.4. The number of aromatic nitrogens is 1. The number of hydrogen-bond donors (Lipinski definition) is 0. The number of para-hydroxylation sites is 2. The maximum atomic E-state index is 12.7. The number of carbonyl (C=O) groups excluding carboxylic acids is 1. The molecule has 2 heterocycles. The van der Waals surface area contributed by atoms with Gasteiger partial charge in [-0.1, -0.05) is 36.4 Å². The van der Waals surface area contributed by atoms with Crippen molar-refractivity contribution in [2.45, 2.75) is 19.5 Å². The van der Waals surface area contributed by atoms with Crippen molar-refractivity contribution in [3.05, 3.63) is 66.4 Å². The fraction of sp³-hybridized carbons (Fsp3) is 0.348. The van der Waals surface area contributed by atoms with Crippen LogP contribution in [0.1, 0.15) is 12.0 Å². The van der Waals surface area contributed by atoms with Crippen LogP contribution in [0.4, 0.5) is 5.69 Å². The van der Waals surface area contributed by atoms with Crippen LogP contribution in [-0.2, 0) is 22.6 Å². The van der Waals surface area contributed by atoms with E-state index in [1.54, 1.807) is 0 Å². The first-order valence-electron chi connectivity index (χ1n) is 9.91. The molecule has 0 unspecified atom stereocenters. The molecule has 0 saturated carbocycles. The summed E-state index contributed by atoms with van der Waals surface area (Å²) >= 11 is 0. The maximum Gasteiger partial charge on any atom is 0.224 e. The summed E-state index contributed by atoms with van der Waals surface area (Å²) in [7, 11) is 1.90. The van der Waals surface area contributed by atoms with Gasteiger partial charge in [-0.25, -0.2) is 0 Å². The number of anilines is 1. The SMILES string of the molecule is CN(Cc1ccccc1N1CCOCC1)C(=O)CCn1ccc2ccccc21. The average Bonchev–Trinajstić information content (AvgIpc) is 3.16. The Bertz CT molecular complexity index is 944. The summed E-state index contributed by atoms with van der Waals surface area (Å²) in [6.07, 6.45) is 2.56. The lowest BCUT2D eigenvalue weighted by atomic mass is 10.1. The predicted molar refractivity (Wildman–Crippen MR) is 113 cm³/mol. The summed E-state index contributed by atoms with van der Waals surface area (Å²) in [6.45, 7) is 4.63. The molecule has 0 bridgehead atoms. The molecule has 3 aromatic rings. The minimum absolute atomic E-state index is 0.162. The normalized spacial score (nSPS) is 14.4. The van der Waals surface area contributed by atoms with Gasteiger partial charge in [-0.15, -0.1) is 0 Å². The zero-order valence-electron chi connectivity index (χ0n) is 16.4. The molecule has 0 radical (unpaired) electrons. The van der Waals surface area contributed by atoms with Crippen molar-refractivity contribution in [3.63, 3.8) is 0 Å². The molecule has 0 spiro atoms. The molecule has 1 aliphatic rings. The monoisotopic (exact) mass is 377 g/mol. The van der Waals surface area contributed by atoms with Crippen LogP contribution < -0.4 is 4.90 Å². The molecule has 0 aliphatic carbocycles. The van der Waals surface area contributed by atoms with Crippen molar-refractivity contribution in [3.8, 4) is 0 Å². The van der Waals surface area contributed by atoms with Gasteiger partial charge < -0.3 is 19.1 Å². The van der Waals surface area contributed by atoms with Gasteiger partial charge in [0.15, 0.2) is 0 Å². The molecular weight excluding hydrogens is 350 g/mol. The molecule has 1 aliphatic heterocycles. The molecule has 4 rings (SSSR count). The Labute approximate surface area is 166 Å². The van der Waals surface area contributed by atoms with Crippen molar-refractivity contribution >= 4 is 22.5 Å². The Balaban J connectivity index is 1.39. The third kappa shape index (κ3) is 4.04. The van der Waals surface area contributed by atoms with Crippen LogP contribution in [0.5, 0.6) is 0 Å². The molecule has 1 fully saturated rings. The number of benzene rings is 2. The fourth-order valence-corrected chi connectivity index (χ4v) is 3.84. The Morgan fingerprint density at radius 1 is 1.04 bits per heavy atom. The molecule has 28 heavy (non-hydrogen) atoms. The molecule has 146 valence electrons. The van der Waals surface area contributed by atoms with Crippen LogP contribution in [0.15, 0.2) is 60.8 Å². The van der Waals surface area contributed by atoms with Gasteiger partial charge >= 0.3 is 0 Å². The minimum atomic E-state index is 0.162. The van der Waals surface area contributed by atoms with E-state index >= 15 is 0 Å². The summed E-state index contributed by atoms with van der Waals surface area (Å²) in [5.41, 5.74) is 3.57. The topological polar surface area (TPSA) is 37.7 Å². The van der Waals surface area contributed by atoms with Crippen molar-refractivity contribution in [1.82, 2.24) is 9.47 Å². The number of carbonyl (C=O) groups is 1. The highest BCUT2D eigenvalue weighted by molar-refractivity contribution is 5.80. The molecule has 1 amide bonds. The van der Waals surface area contributed by atoms with E-state index in [-0.39, 0.29) is 5.91 Å². The highest BCUT2D eigenvalue weighted by Crippen LogP contribution is 2.23. The molecule has 0 atom stereocenters. The lowest BCUT2D eigenvalue weighted by Crippen LogP contribution is -2.37. The summed E-state index contributed by atoms with van der Waals surface area (Å²) < 4.78 is 7.63. The molecular formula is C23H27N3O2. The number of hydrogen-bond acceptors (Lipinski definition) is 3. The van der Waals surface area contributed by atoms with Gasteiger partial charge in [0, 0.05) is 57.0 Å². The van der Waals surface area contributed by atoms with Crippen LogP contribution in [0, 0.1) is 0 Å². The first-order chi connectivity index (χ1) is 13.7. The van der Waals surface area contributed by atoms with E-state index in [9.17, 15) is 4.79 Å². The van der Waals surface area contributed by atoms with Gasteiger partial charge in [0.1, 0.15) is 0 Å². The number of morpholine rings is 1. The van der Waals surface area contributed by atoms with Crippen molar-refractivity contribution in [2.75, 3.05) is 38.3 Å². The Morgan fingerprint density at radius 3 is 2.64 bits per heavy atom. The lowest BCUT2D eigenvalue weighted by Gasteiger charge is -2.31. The summed E-state index contributed by atoms with van der Waals surface area (Å²) in [5, 5.41) is 1.21. The van der Waals surface area contributed by atoms with Crippen LogP contribution in [0.25, 0.3) is 10.9 Å². The second-order valence-corrected chi connectivity index (χ2v) is 7.30. The van der Waals surface area contributed by atoms with Crippen molar-refractivity contribution in [2.24, 2.45) is 0 Å². The summed E-state index contributed by atoms with van der Waals surface area (Å²) in [5.74, 6) is 0.162. The van der Waals surface area contributed by atoms with Crippen molar-refractivity contribution in [1.29, 1.82) is 0 Å². The first kappa shape index (κ1) is 18.6. The largest absolute Gasteiger partial charge is 0.378 e. The van der Waals surface area contributed by atoms with E-state index in [4.69, 9.17) is 4.74 Å². The summed E-state index contributed by atoms with van der Waals surface area (Å²) in [6, 6.07) is 18.7. The number of nitrogens with zero attached hydrogens (tertiary/aromatic N) is 3. The van der Waals surface area contributed by atoms with E-state index in [1.165, 1.54) is 22.2 Å². The van der Waals surface area contributed by atoms with Crippen LogP contribution in [-0.4, -0.2) is 48.7 Å². The quantitative estimate of drug-likeness (QED) is 0.660. The van der Waals surface area contributed by atoms with Gasteiger partial charge in [-0.3, -0.25) is 4.79 Å². The van der Waals surface area contributed by atoms with Gasteiger partial charge in [-0.2, -0.15) is 0 Å². The lowest BCUT2D eigenvalue weighted by molar-refractivity contribution is -0.130. The van der Waals surface area contributed by atoms with E-state index in [0.717, 1.165) is 26.3 Å². The average molecular weight is 377 g/mol. The highest BCUT2D eigenvalue weighted by Gasteiger charge is 2.17. The van der Waals surface area contributed by atoms with Gasteiger partial charge in [-0.05, 0) is 29.1 Å². The molecule has 1 saturated heterocycles. The molecule has 5 nitrogen and oxygen atoms in total. The number of ether oxygens (including phenoxy) is 1. The Morgan fingerprint density at radius 2 is 1.79 bits per heavy atom. The predicted octanol–water partition coefficient (Wildman–Crippen LogP) is 3.53. The second-order valence-electron chi connectivity index (χ2n) is 7.30. The smallest absolute Gasteiger partial charge is 0.224 e. The van der Waals surface area contributed by atoms with Crippen LogP contribution in [0.3, 0.4) is 0 Å². The highest BCUT2D eigenvalue weighted by atomic mass is 16.5. The van der Waals surface area contributed by atoms with Crippen LogP contribution in [0.2, 0.25) is 0 Å². The molecule has 0 N–H and O–H groups in total. The number of amides is 1. The first-order valence-corrected chi connectivity index (χ1v) is 9.91. The maximum absolute atomic E-state index is 12.7. The van der Waals surface area contributed by atoms with Crippen LogP contribution >= 0.6 is 0 Å². The van der Waals surface area contributed by atoms with E-state index in [1.807, 2.05) is 30.1 Å². The van der Waals surface area contributed by atoms with Crippen molar-refractivity contribution < 1.29 is 9.53 Å². The fourth-order valence-electron chi connectivity index (χ4n) is 3.84. The third-order valence-corrected chi connectivity index (χ3v) is 5.42. The van der Waals surface area contributed by atoms with Gasteiger partial charge in [0.2, 0.25) is 5.91 Å². The second kappa shape index (κ2) is 8.48. The Kier molecular flexibility index (Phi) is 5.63. The van der Waals surface area contributed by atoms with E-state index < -0.39 is 0 Å². The number of rotatable bonds is 6. The molecule has 2 aromatic carbocycles. The number of aryl methyl sites for hydroxylation is 1. The molecule has 1 aromatic heterocycles. The molecule has 5 heteroatoms. The number of fused-ring (bicyclic) bond motifs is 1. The minimum Gasteiger partial charge on any atom is -0.378 e. The summed E-state index contributed by atoms with van der Waals surface area (Å²) in [4.78, 5) is 16.9. The van der Waals surface area contributed by atoms with E-state index in [2.05, 4.69) is 52.1 Å². The third-order valence-electron chi connectivity index (χ3n) is 5.42. The zero-order chi connectivity index (χ0) is 19.3. The Hall–Kier alpha value is -2.79. The van der Waals surface area contributed by atoms with E-state index in [0.29, 0.717) is 19.5 Å². The van der Waals surface area contributed by atoms with Gasteiger partial charge in [0.05, 0.1) is 13.2 Å².